The van der Waals surface area contributed by atoms with Gasteiger partial charge >= 0.3 is 5.97 Å². The number of fused-ring (bicyclic) bond motifs is 1. The highest BCUT2D eigenvalue weighted by Crippen LogP contribution is 2.35. The standard InChI is InChI=1S/C28H23N3O3S/c1-19-24-26(31-21-12-14-23(15-13-21)34-22-10-6-3-7-11-22)29-18-30-27(24)35-25(19)28(32)33-17-16-20-8-4-2-5-9-20/h2-15,18H,16-17H2,1H3,(H,29,30,31). The number of hydrogen-bond donors (Lipinski definition) is 1. The quantitative estimate of drug-likeness (QED) is 0.242. The molecule has 6 nitrogen and oxygen atoms in total. The van der Waals surface area contributed by atoms with Gasteiger partial charge in [0.05, 0.1) is 12.0 Å². The van der Waals surface area contributed by atoms with Crippen LogP contribution in [0.3, 0.4) is 0 Å². The van der Waals surface area contributed by atoms with E-state index >= 15 is 0 Å². The molecule has 0 bridgehead atoms. The molecule has 5 aromatic rings. The average molecular weight is 482 g/mol. The number of esters is 1. The van der Waals surface area contributed by atoms with Gasteiger partial charge in [-0.1, -0.05) is 48.5 Å². The molecule has 0 amide bonds. The van der Waals surface area contributed by atoms with E-state index in [4.69, 9.17) is 9.47 Å². The maximum atomic E-state index is 12.8. The molecule has 0 saturated heterocycles. The van der Waals surface area contributed by atoms with Crippen molar-refractivity contribution >= 4 is 39.0 Å². The second-order valence-corrected chi connectivity index (χ2v) is 8.89. The summed E-state index contributed by atoms with van der Waals surface area (Å²) < 4.78 is 11.4. The maximum absolute atomic E-state index is 12.8. The largest absolute Gasteiger partial charge is 0.461 e. The van der Waals surface area contributed by atoms with Crippen molar-refractivity contribution in [3.05, 3.63) is 107 Å². The van der Waals surface area contributed by atoms with E-state index < -0.39 is 0 Å². The van der Waals surface area contributed by atoms with Crippen molar-refractivity contribution in [1.82, 2.24) is 9.97 Å². The van der Waals surface area contributed by atoms with E-state index in [0.29, 0.717) is 23.7 Å². The summed E-state index contributed by atoms with van der Waals surface area (Å²) in [6.07, 6.45) is 2.17. The summed E-state index contributed by atoms with van der Waals surface area (Å²) >= 11 is 1.32. The van der Waals surface area contributed by atoms with Crippen LogP contribution in [-0.2, 0) is 11.2 Å². The zero-order chi connectivity index (χ0) is 24.0. The van der Waals surface area contributed by atoms with E-state index in [2.05, 4.69) is 15.3 Å². The van der Waals surface area contributed by atoms with Crippen molar-refractivity contribution in [2.45, 2.75) is 13.3 Å². The predicted octanol–water partition coefficient (Wildman–Crippen LogP) is 6.94. The Morgan fingerprint density at radius 2 is 1.57 bits per heavy atom. The minimum atomic E-state index is -0.338. The van der Waals surface area contributed by atoms with Crippen molar-refractivity contribution in [1.29, 1.82) is 0 Å². The molecule has 0 radical (unpaired) electrons. The third-order valence-corrected chi connectivity index (χ3v) is 6.65. The fraction of sp³-hybridized carbons (Fsp3) is 0.107. The molecule has 0 saturated carbocycles. The molecule has 174 valence electrons. The minimum Gasteiger partial charge on any atom is -0.461 e. The molecule has 3 aromatic carbocycles. The molecule has 0 spiro atoms. The van der Waals surface area contributed by atoms with Gasteiger partial charge in [-0.3, -0.25) is 0 Å². The van der Waals surface area contributed by atoms with E-state index in [1.165, 1.54) is 17.7 Å². The molecule has 35 heavy (non-hydrogen) atoms. The lowest BCUT2D eigenvalue weighted by molar-refractivity contribution is 0.0514. The fourth-order valence-electron chi connectivity index (χ4n) is 3.70. The van der Waals surface area contributed by atoms with Gasteiger partial charge in [0.1, 0.15) is 33.4 Å². The number of aryl methyl sites for hydroxylation is 1. The first kappa shape index (κ1) is 22.6. The summed E-state index contributed by atoms with van der Waals surface area (Å²) in [5, 5.41) is 4.16. The molecule has 0 aliphatic carbocycles. The third-order valence-electron chi connectivity index (χ3n) is 5.47. The van der Waals surface area contributed by atoms with Crippen LogP contribution in [0.1, 0.15) is 20.8 Å². The van der Waals surface area contributed by atoms with Crippen molar-refractivity contribution in [3.8, 4) is 11.5 Å². The fourth-order valence-corrected chi connectivity index (χ4v) is 4.74. The van der Waals surface area contributed by atoms with E-state index in [1.807, 2.05) is 91.9 Å². The van der Waals surface area contributed by atoms with Crippen LogP contribution in [0.25, 0.3) is 10.2 Å². The molecule has 0 atom stereocenters. The Balaban J connectivity index is 1.30. The number of carbonyl (C=O) groups is 1. The van der Waals surface area contributed by atoms with Gasteiger partial charge in [-0.15, -0.1) is 11.3 Å². The summed E-state index contributed by atoms with van der Waals surface area (Å²) in [5.74, 6) is 1.82. The van der Waals surface area contributed by atoms with Gasteiger partial charge in [-0.2, -0.15) is 0 Å². The van der Waals surface area contributed by atoms with E-state index in [-0.39, 0.29) is 5.97 Å². The van der Waals surface area contributed by atoms with Crippen molar-refractivity contribution < 1.29 is 14.3 Å². The zero-order valence-electron chi connectivity index (χ0n) is 19.1. The van der Waals surface area contributed by atoms with E-state index in [9.17, 15) is 4.79 Å². The molecule has 0 unspecified atom stereocenters. The summed E-state index contributed by atoms with van der Waals surface area (Å²) in [6, 6.07) is 27.2. The van der Waals surface area contributed by atoms with Gasteiger partial charge in [-0.05, 0) is 54.4 Å². The molecular weight excluding hydrogens is 458 g/mol. The number of nitrogens with zero attached hydrogens (tertiary/aromatic N) is 2. The number of aromatic nitrogens is 2. The van der Waals surface area contributed by atoms with Crippen LogP contribution in [0, 0.1) is 6.92 Å². The van der Waals surface area contributed by atoms with Crippen LogP contribution in [0.2, 0.25) is 0 Å². The third kappa shape index (κ3) is 5.31. The average Bonchev–Trinajstić information content (AvgIpc) is 3.24. The molecule has 2 aromatic heterocycles. The molecule has 7 heteroatoms. The molecule has 2 heterocycles. The second-order valence-electron chi connectivity index (χ2n) is 7.89. The first-order valence-corrected chi connectivity index (χ1v) is 12.0. The van der Waals surface area contributed by atoms with Gasteiger partial charge < -0.3 is 14.8 Å². The topological polar surface area (TPSA) is 73.3 Å². The van der Waals surface area contributed by atoms with Crippen LogP contribution in [-0.4, -0.2) is 22.5 Å². The highest BCUT2D eigenvalue weighted by molar-refractivity contribution is 7.20. The molecule has 5 rings (SSSR count). The summed E-state index contributed by atoms with van der Waals surface area (Å²) in [4.78, 5) is 22.9. The first-order chi connectivity index (χ1) is 17.2. The number of benzene rings is 3. The molecule has 0 aliphatic rings. The Kier molecular flexibility index (Phi) is 6.68. The van der Waals surface area contributed by atoms with Crippen LogP contribution >= 0.6 is 11.3 Å². The lowest BCUT2D eigenvalue weighted by Crippen LogP contribution is -2.07. The molecular formula is C28H23N3O3S. The van der Waals surface area contributed by atoms with Gasteiger partial charge in [0.2, 0.25) is 0 Å². The van der Waals surface area contributed by atoms with E-state index in [1.54, 1.807) is 0 Å². The van der Waals surface area contributed by atoms with Gasteiger partial charge in [0.25, 0.3) is 0 Å². The minimum absolute atomic E-state index is 0.324. The van der Waals surface area contributed by atoms with Crippen molar-refractivity contribution in [2.24, 2.45) is 0 Å². The number of thiophene rings is 1. The van der Waals surface area contributed by atoms with Crippen LogP contribution in [0.4, 0.5) is 11.5 Å². The Hall–Kier alpha value is -4.23. The highest BCUT2D eigenvalue weighted by Gasteiger charge is 2.20. The summed E-state index contributed by atoms with van der Waals surface area (Å²) in [7, 11) is 0. The van der Waals surface area contributed by atoms with Gasteiger partial charge in [-0.25, -0.2) is 14.8 Å². The van der Waals surface area contributed by atoms with Crippen LogP contribution in [0.15, 0.2) is 91.3 Å². The molecule has 0 aliphatic heterocycles. The number of hydrogen-bond acceptors (Lipinski definition) is 7. The SMILES string of the molecule is Cc1c(C(=O)OCCc2ccccc2)sc2ncnc(Nc3ccc(Oc4ccccc4)cc3)c12. The number of rotatable bonds is 8. The monoisotopic (exact) mass is 481 g/mol. The summed E-state index contributed by atoms with van der Waals surface area (Å²) in [6.45, 7) is 2.22. The number of nitrogens with one attached hydrogen (secondary N) is 1. The number of carbonyl (C=O) groups excluding carboxylic acids is 1. The normalized spacial score (nSPS) is 10.8. The lowest BCUT2D eigenvalue weighted by atomic mass is 10.2. The maximum Gasteiger partial charge on any atom is 0.348 e. The van der Waals surface area contributed by atoms with Crippen LogP contribution in [0.5, 0.6) is 11.5 Å². The zero-order valence-corrected chi connectivity index (χ0v) is 19.9. The lowest BCUT2D eigenvalue weighted by Gasteiger charge is -2.09. The Morgan fingerprint density at radius 1 is 0.886 bits per heavy atom. The van der Waals surface area contributed by atoms with Crippen molar-refractivity contribution in [2.75, 3.05) is 11.9 Å². The predicted molar refractivity (Wildman–Crippen MR) is 139 cm³/mol. The Labute approximate surface area is 207 Å². The second kappa shape index (κ2) is 10.4. The number of para-hydroxylation sites is 1. The Morgan fingerprint density at radius 3 is 2.31 bits per heavy atom. The first-order valence-electron chi connectivity index (χ1n) is 11.2. The highest BCUT2D eigenvalue weighted by atomic mass is 32.1. The van der Waals surface area contributed by atoms with Crippen LogP contribution < -0.4 is 10.1 Å². The number of ether oxygens (including phenoxy) is 2. The molecule has 0 fully saturated rings. The molecule has 1 N–H and O–H groups in total. The van der Waals surface area contributed by atoms with Crippen molar-refractivity contribution in [3.63, 3.8) is 0 Å². The van der Waals surface area contributed by atoms with E-state index in [0.717, 1.165) is 38.5 Å². The number of anilines is 2. The van der Waals surface area contributed by atoms with Gasteiger partial charge in [0, 0.05) is 12.1 Å². The van der Waals surface area contributed by atoms with Gasteiger partial charge in [0.15, 0.2) is 0 Å². The summed E-state index contributed by atoms with van der Waals surface area (Å²) in [5.41, 5.74) is 2.79. The Bertz CT molecular complexity index is 1440. The smallest absolute Gasteiger partial charge is 0.348 e.